The quantitative estimate of drug-likeness (QED) is 0.499. The van der Waals surface area contributed by atoms with Crippen molar-refractivity contribution >= 4 is 11.9 Å². The molecule has 0 radical (unpaired) electrons. The summed E-state index contributed by atoms with van der Waals surface area (Å²) in [6, 6.07) is 6.61. The van der Waals surface area contributed by atoms with Crippen molar-refractivity contribution in [2.45, 2.75) is 19.3 Å². The molecule has 0 aromatic heterocycles. The number of aryl methyl sites for hydroxylation is 1. The van der Waals surface area contributed by atoms with Crippen molar-refractivity contribution in [1.82, 2.24) is 0 Å². The van der Waals surface area contributed by atoms with Gasteiger partial charge in [-0.2, -0.15) is 0 Å². The van der Waals surface area contributed by atoms with Crippen molar-refractivity contribution in [3.63, 3.8) is 0 Å². The molecule has 0 amide bonds. The van der Waals surface area contributed by atoms with Crippen molar-refractivity contribution in [3.05, 3.63) is 35.4 Å². The predicted molar refractivity (Wildman–Crippen MR) is 48.6 cm³/mol. The molecule has 0 aliphatic heterocycles. The summed E-state index contributed by atoms with van der Waals surface area (Å²) in [5.74, 6) is -3.94. The van der Waals surface area contributed by atoms with E-state index >= 15 is 0 Å². The molecular formula is C11H10Na2O4. The monoisotopic (exact) mass is 252 g/mol. The molecule has 0 heterocycles. The maximum absolute atomic E-state index is 10.7. The maximum atomic E-state index is 10.7. The van der Waals surface area contributed by atoms with Gasteiger partial charge in [0.2, 0.25) is 0 Å². The average Bonchev–Trinajstić information content (AvgIpc) is 2.15. The van der Waals surface area contributed by atoms with E-state index in [1.165, 1.54) is 0 Å². The van der Waals surface area contributed by atoms with Gasteiger partial charge in [-0.15, -0.1) is 0 Å². The van der Waals surface area contributed by atoms with Gasteiger partial charge in [0.1, 0.15) is 0 Å². The van der Waals surface area contributed by atoms with E-state index in [4.69, 9.17) is 0 Å². The zero-order chi connectivity index (χ0) is 11.4. The van der Waals surface area contributed by atoms with Gasteiger partial charge in [-0.3, -0.25) is 0 Å². The fourth-order valence-electron chi connectivity index (χ4n) is 1.30. The molecular weight excluding hydrogens is 242 g/mol. The first-order valence-corrected chi connectivity index (χ1v) is 4.48. The Morgan fingerprint density at radius 3 is 1.94 bits per heavy atom. The van der Waals surface area contributed by atoms with E-state index in [-0.39, 0.29) is 59.1 Å². The van der Waals surface area contributed by atoms with Crippen LogP contribution in [0.4, 0.5) is 0 Å². The van der Waals surface area contributed by atoms with Crippen LogP contribution in [0.3, 0.4) is 0 Å². The van der Waals surface area contributed by atoms with Crippen LogP contribution < -0.4 is 69.3 Å². The Morgan fingerprint density at radius 1 is 1.12 bits per heavy atom. The van der Waals surface area contributed by atoms with Crippen LogP contribution >= 0.6 is 0 Å². The standard InChI is InChI=1S/C11H12O4.2Na/c1-7-2-4-8(5-3-7)9(11(14)15)6-10(12)13;;/h2-5,9H,6H2,1H3,(H,12,13)(H,14,15);;/q;2*+1/p-2. The molecule has 6 heteroatoms. The largest absolute Gasteiger partial charge is 1.00 e. The van der Waals surface area contributed by atoms with E-state index in [9.17, 15) is 19.8 Å². The second-order valence-electron chi connectivity index (χ2n) is 3.36. The summed E-state index contributed by atoms with van der Waals surface area (Å²) >= 11 is 0. The molecule has 1 aromatic carbocycles. The number of hydrogen-bond donors (Lipinski definition) is 0. The summed E-state index contributed by atoms with van der Waals surface area (Å²) < 4.78 is 0. The smallest absolute Gasteiger partial charge is 0.550 e. The van der Waals surface area contributed by atoms with Crippen molar-refractivity contribution in [2.75, 3.05) is 0 Å². The third-order valence-corrected chi connectivity index (χ3v) is 2.14. The molecule has 0 spiro atoms. The van der Waals surface area contributed by atoms with Crippen LogP contribution in [-0.2, 0) is 9.59 Å². The fraction of sp³-hybridized carbons (Fsp3) is 0.273. The predicted octanol–water partition coefficient (Wildman–Crippen LogP) is -7.02. The van der Waals surface area contributed by atoms with Gasteiger partial charge in [-0.25, -0.2) is 0 Å². The average molecular weight is 252 g/mol. The van der Waals surface area contributed by atoms with E-state index in [0.29, 0.717) is 5.56 Å². The number of benzene rings is 1. The Labute approximate surface area is 144 Å². The summed E-state index contributed by atoms with van der Waals surface area (Å²) in [4.78, 5) is 21.1. The third-order valence-electron chi connectivity index (χ3n) is 2.14. The van der Waals surface area contributed by atoms with E-state index in [0.717, 1.165) is 5.56 Å². The molecule has 1 atom stereocenters. The number of carbonyl (C=O) groups is 2. The Balaban J connectivity index is 0. The Hall–Kier alpha value is 0.160. The van der Waals surface area contributed by atoms with E-state index in [1.54, 1.807) is 24.3 Å². The van der Waals surface area contributed by atoms with E-state index < -0.39 is 24.3 Å². The van der Waals surface area contributed by atoms with Gasteiger partial charge in [-0.05, 0) is 18.9 Å². The molecule has 0 bridgehead atoms. The minimum absolute atomic E-state index is 0. The van der Waals surface area contributed by atoms with Crippen LogP contribution in [0.1, 0.15) is 23.5 Å². The Morgan fingerprint density at radius 2 is 1.59 bits per heavy atom. The Bertz CT molecular complexity index is 376. The number of carbonyl (C=O) groups excluding carboxylic acids is 2. The number of carboxylic acids is 2. The van der Waals surface area contributed by atoms with Gasteiger partial charge >= 0.3 is 59.1 Å². The van der Waals surface area contributed by atoms with E-state index in [2.05, 4.69) is 0 Å². The van der Waals surface area contributed by atoms with Crippen LogP contribution in [0.15, 0.2) is 24.3 Å². The van der Waals surface area contributed by atoms with Crippen LogP contribution in [0.25, 0.3) is 0 Å². The molecule has 0 saturated heterocycles. The first kappa shape index (κ1) is 19.5. The van der Waals surface area contributed by atoms with E-state index in [1.807, 2.05) is 6.92 Å². The normalized spacial score (nSPS) is 10.6. The SMILES string of the molecule is Cc1ccc(C(CC(=O)[O-])C(=O)[O-])cc1.[Na+].[Na+]. The van der Waals surface area contributed by atoms with Gasteiger partial charge in [0, 0.05) is 17.9 Å². The first-order chi connectivity index (χ1) is 7.00. The summed E-state index contributed by atoms with van der Waals surface area (Å²) in [6.45, 7) is 1.86. The van der Waals surface area contributed by atoms with Gasteiger partial charge in [-0.1, -0.05) is 29.8 Å². The Kier molecular flexibility index (Phi) is 10.5. The van der Waals surface area contributed by atoms with Crippen LogP contribution in [0.2, 0.25) is 0 Å². The second-order valence-corrected chi connectivity index (χ2v) is 3.36. The van der Waals surface area contributed by atoms with Gasteiger partial charge in [0.15, 0.2) is 0 Å². The van der Waals surface area contributed by atoms with Crippen LogP contribution in [-0.4, -0.2) is 11.9 Å². The van der Waals surface area contributed by atoms with Crippen LogP contribution in [0.5, 0.6) is 0 Å². The number of aliphatic carboxylic acids is 2. The molecule has 0 aliphatic carbocycles. The molecule has 4 nitrogen and oxygen atoms in total. The summed E-state index contributed by atoms with van der Waals surface area (Å²) in [5, 5.41) is 21.1. The molecule has 1 aromatic rings. The van der Waals surface area contributed by atoms with Crippen molar-refractivity contribution < 1.29 is 78.9 Å². The van der Waals surface area contributed by atoms with Gasteiger partial charge in [0.25, 0.3) is 0 Å². The fourth-order valence-corrected chi connectivity index (χ4v) is 1.30. The molecule has 0 fully saturated rings. The van der Waals surface area contributed by atoms with Crippen molar-refractivity contribution in [1.29, 1.82) is 0 Å². The number of rotatable bonds is 4. The second kappa shape index (κ2) is 9.14. The maximum Gasteiger partial charge on any atom is 1.00 e. The molecule has 1 unspecified atom stereocenters. The zero-order valence-corrected chi connectivity index (χ0v) is 14.2. The van der Waals surface area contributed by atoms with Gasteiger partial charge in [0.05, 0.1) is 0 Å². The zero-order valence-electron chi connectivity index (χ0n) is 10.2. The van der Waals surface area contributed by atoms with Crippen LogP contribution in [0, 0.1) is 6.92 Å². The molecule has 0 N–H and O–H groups in total. The molecule has 17 heavy (non-hydrogen) atoms. The minimum atomic E-state index is -1.40. The molecule has 0 saturated carbocycles. The molecule has 0 aliphatic rings. The topological polar surface area (TPSA) is 80.3 Å². The number of hydrogen-bond acceptors (Lipinski definition) is 4. The third kappa shape index (κ3) is 6.60. The number of carboxylic acid groups (broad SMARTS) is 2. The van der Waals surface area contributed by atoms with Crippen molar-refractivity contribution in [2.24, 2.45) is 0 Å². The summed E-state index contributed by atoms with van der Waals surface area (Å²) in [7, 11) is 0. The molecule has 80 valence electrons. The minimum Gasteiger partial charge on any atom is -0.550 e. The van der Waals surface area contributed by atoms with Crippen molar-refractivity contribution in [3.8, 4) is 0 Å². The summed E-state index contributed by atoms with van der Waals surface area (Å²) in [5.41, 5.74) is 1.40. The molecule has 1 rings (SSSR count). The first-order valence-electron chi connectivity index (χ1n) is 4.48. The van der Waals surface area contributed by atoms with Gasteiger partial charge < -0.3 is 19.8 Å². The summed E-state index contributed by atoms with van der Waals surface area (Å²) in [6.07, 6.45) is -0.564.